The van der Waals surface area contributed by atoms with Gasteiger partial charge in [-0.3, -0.25) is 0 Å². The summed E-state index contributed by atoms with van der Waals surface area (Å²) in [5.41, 5.74) is 19.2. The van der Waals surface area contributed by atoms with Crippen LogP contribution in [0, 0.1) is 0 Å². The molecule has 0 spiro atoms. The second kappa shape index (κ2) is 13.9. The first-order chi connectivity index (χ1) is 29.8. The van der Waals surface area contributed by atoms with E-state index in [1.807, 2.05) is 0 Å². The topological polar surface area (TPSA) is 8.17 Å². The van der Waals surface area contributed by atoms with Crippen molar-refractivity contribution in [1.29, 1.82) is 0 Å². The summed E-state index contributed by atoms with van der Waals surface area (Å²) in [6, 6.07) is 84.2. The van der Waals surface area contributed by atoms with Crippen LogP contribution < -0.4 is 4.90 Å². The minimum Gasteiger partial charge on any atom is -0.311 e. The molecule has 280 valence electrons. The zero-order valence-corrected chi connectivity index (χ0v) is 32.8. The number of hydrogen-bond acceptors (Lipinski definition) is 1. The van der Waals surface area contributed by atoms with Gasteiger partial charge in [-0.2, -0.15) is 0 Å². The Morgan fingerprint density at radius 1 is 0.300 bits per heavy atom. The van der Waals surface area contributed by atoms with Crippen molar-refractivity contribution in [3.8, 4) is 61.3 Å². The van der Waals surface area contributed by atoms with Crippen LogP contribution in [0.5, 0.6) is 0 Å². The predicted molar refractivity (Wildman–Crippen MR) is 254 cm³/mol. The highest BCUT2D eigenvalue weighted by Crippen LogP contribution is 2.51. The summed E-state index contributed by atoms with van der Waals surface area (Å²) < 4.78 is 2.49. The summed E-state index contributed by atoms with van der Waals surface area (Å²) in [5, 5.41) is 5.07. The fraction of sp³-hybridized carbons (Fsp3) is 0. The number of nitrogens with zero attached hydrogens (tertiary/aromatic N) is 2. The monoisotopic (exact) mass is 762 g/mol. The van der Waals surface area contributed by atoms with E-state index >= 15 is 0 Å². The van der Waals surface area contributed by atoms with Crippen LogP contribution in [-0.4, -0.2) is 4.57 Å². The lowest BCUT2D eigenvalue weighted by Crippen LogP contribution is -2.10. The lowest BCUT2D eigenvalue weighted by Gasteiger charge is -2.26. The van der Waals surface area contributed by atoms with Crippen LogP contribution in [0.3, 0.4) is 0 Å². The van der Waals surface area contributed by atoms with Crippen LogP contribution in [0.2, 0.25) is 0 Å². The molecular weight excluding hydrogens is 725 g/mol. The van der Waals surface area contributed by atoms with Crippen LogP contribution in [-0.2, 0) is 0 Å². The lowest BCUT2D eigenvalue weighted by molar-refractivity contribution is 1.17. The van der Waals surface area contributed by atoms with Gasteiger partial charge in [0.2, 0.25) is 0 Å². The molecule has 10 aromatic carbocycles. The molecule has 60 heavy (non-hydrogen) atoms. The molecule has 0 saturated carbocycles. The molecule has 0 fully saturated rings. The van der Waals surface area contributed by atoms with E-state index in [0.29, 0.717) is 0 Å². The molecule has 11 aromatic rings. The van der Waals surface area contributed by atoms with Gasteiger partial charge in [-0.25, -0.2) is 0 Å². The van der Waals surface area contributed by atoms with Gasteiger partial charge >= 0.3 is 0 Å². The Labute approximate surface area is 349 Å². The molecule has 0 N–H and O–H groups in total. The quantitative estimate of drug-likeness (QED) is 0.164. The summed E-state index contributed by atoms with van der Waals surface area (Å²) in [5.74, 6) is 0. The Morgan fingerprint density at radius 2 is 0.783 bits per heavy atom. The minimum absolute atomic E-state index is 1.09. The molecule has 12 rings (SSSR count). The van der Waals surface area contributed by atoms with E-state index in [0.717, 1.165) is 22.7 Å². The molecule has 1 aliphatic rings. The molecule has 2 nitrogen and oxygen atoms in total. The highest BCUT2D eigenvalue weighted by molar-refractivity contribution is 6.22. The molecular formula is C58H38N2. The second-order valence-electron chi connectivity index (χ2n) is 15.7. The Hall–Kier alpha value is -7.94. The summed E-state index contributed by atoms with van der Waals surface area (Å²) in [6.07, 6.45) is 0. The van der Waals surface area contributed by atoms with Crippen molar-refractivity contribution in [3.63, 3.8) is 0 Å². The molecule has 0 saturated heterocycles. The molecule has 1 heterocycles. The smallest absolute Gasteiger partial charge is 0.0625 e. The van der Waals surface area contributed by atoms with Crippen molar-refractivity contribution in [1.82, 2.24) is 4.57 Å². The minimum atomic E-state index is 1.09. The summed E-state index contributed by atoms with van der Waals surface area (Å²) in [4.78, 5) is 2.36. The van der Waals surface area contributed by atoms with Gasteiger partial charge in [0.05, 0.1) is 11.0 Å². The molecule has 0 bridgehead atoms. The third kappa shape index (κ3) is 5.42. The fourth-order valence-corrected chi connectivity index (χ4v) is 9.61. The molecule has 0 aliphatic heterocycles. The van der Waals surface area contributed by atoms with Gasteiger partial charge in [0, 0.05) is 39.1 Å². The van der Waals surface area contributed by atoms with Gasteiger partial charge in [0.15, 0.2) is 0 Å². The van der Waals surface area contributed by atoms with Crippen LogP contribution >= 0.6 is 0 Å². The van der Waals surface area contributed by atoms with Crippen LogP contribution in [0.25, 0.3) is 93.9 Å². The maximum absolute atomic E-state index is 2.49. The Bertz CT molecular complexity index is 3290. The molecule has 1 aromatic heterocycles. The van der Waals surface area contributed by atoms with Gasteiger partial charge in [-0.05, 0) is 115 Å². The maximum atomic E-state index is 2.49. The first kappa shape index (κ1) is 34.1. The number of anilines is 3. The number of fused-ring (bicyclic) bond motifs is 9. The second-order valence-corrected chi connectivity index (χ2v) is 15.7. The van der Waals surface area contributed by atoms with Crippen molar-refractivity contribution < 1.29 is 0 Å². The molecule has 0 unspecified atom stereocenters. The van der Waals surface area contributed by atoms with E-state index in [1.54, 1.807) is 0 Å². The summed E-state index contributed by atoms with van der Waals surface area (Å²) in [7, 11) is 0. The van der Waals surface area contributed by atoms with Gasteiger partial charge in [-0.15, -0.1) is 0 Å². The van der Waals surface area contributed by atoms with E-state index < -0.39 is 0 Å². The Kier molecular flexibility index (Phi) is 7.89. The van der Waals surface area contributed by atoms with Crippen molar-refractivity contribution in [3.05, 3.63) is 231 Å². The predicted octanol–water partition coefficient (Wildman–Crippen LogP) is 16.1. The first-order valence-corrected chi connectivity index (χ1v) is 20.7. The van der Waals surface area contributed by atoms with E-state index in [1.165, 1.54) is 88.2 Å². The summed E-state index contributed by atoms with van der Waals surface area (Å²) >= 11 is 0. The normalized spacial score (nSPS) is 11.7. The maximum Gasteiger partial charge on any atom is 0.0625 e. The summed E-state index contributed by atoms with van der Waals surface area (Å²) in [6.45, 7) is 0. The van der Waals surface area contributed by atoms with E-state index in [-0.39, 0.29) is 0 Å². The molecule has 1 aliphatic carbocycles. The SMILES string of the molecule is c1ccc(-c2ccc(N(c3ccc(-c4ccccc4)cc3)c3ccc(-n4c5ccccc5c5ccc6c(c54)-c4ccccc4-c4cccc5cccc-6c45)cc3)cc2)cc1. The molecule has 0 radical (unpaired) electrons. The van der Waals surface area contributed by atoms with E-state index in [9.17, 15) is 0 Å². The average Bonchev–Trinajstić information content (AvgIpc) is 3.60. The third-order valence-corrected chi connectivity index (χ3v) is 12.3. The molecule has 0 atom stereocenters. The number of rotatable bonds is 6. The zero-order chi connectivity index (χ0) is 39.6. The van der Waals surface area contributed by atoms with Crippen LogP contribution in [0.1, 0.15) is 0 Å². The van der Waals surface area contributed by atoms with Gasteiger partial charge in [-0.1, -0.05) is 176 Å². The fourth-order valence-electron chi connectivity index (χ4n) is 9.61. The van der Waals surface area contributed by atoms with Crippen molar-refractivity contribution in [2.75, 3.05) is 4.90 Å². The van der Waals surface area contributed by atoms with Crippen molar-refractivity contribution in [2.45, 2.75) is 0 Å². The number of benzene rings is 10. The van der Waals surface area contributed by atoms with Crippen molar-refractivity contribution in [2.24, 2.45) is 0 Å². The average molecular weight is 763 g/mol. The zero-order valence-electron chi connectivity index (χ0n) is 32.8. The van der Waals surface area contributed by atoms with Gasteiger partial charge < -0.3 is 9.47 Å². The standard InChI is InChI=1S/C58H38N2/c1-3-13-39(14-4-1)41-25-29-44(30-26-41)59(45-31-27-42(28-32-45)40-15-5-2-6-16-40)46-33-35-47(36-34-46)60-55-24-10-9-20-49(55)54-38-37-53-52-23-12-18-43-17-11-22-50(56(43)52)48-19-7-8-21-51(48)57(53)58(54)60/h1-38H. The highest BCUT2D eigenvalue weighted by atomic mass is 15.1. The van der Waals surface area contributed by atoms with Crippen molar-refractivity contribution >= 4 is 49.6 Å². The number of aromatic nitrogens is 1. The third-order valence-electron chi connectivity index (χ3n) is 12.3. The van der Waals surface area contributed by atoms with Crippen LogP contribution in [0.4, 0.5) is 17.1 Å². The Balaban J connectivity index is 1.04. The van der Waals surface area contributed by atoms with Gasteiger partial charge in [0.25, 0.3) is 0 Å². The molecule has 2 heteroatoms. The largest absolute Gasteiger partial charge is 0.311 e. The molecule has 0 amide bonds. The Morgan fingerprint density at radius 3 is 1.40 bits per heavy atom. The van der Waals surface area contributed by atoms with E-state index in [2.05, 4.69) is 240 Å². The number of hydrogen-bond donors (Lipinski definition) is 0. The van der Waals surface area contributed by atoms with E-state index in [4.69, 9.17) is 0 Å². The highest BCUT2D eigenvalue weighted by Gasteiger charge is 2.26. The number of para-hydroxylation sites is 1. The van der Waals surface area contributed by atoms with Crippen LogP contribution in [0.15, 0.2) is 231 Å². The lowest BCUT2D eigenvalue weighted by atomic mass is 9.91. The van der Waals surface area contributed by atoms with Gasteiger partial charge in [0.1, 0.15) is 0 Å². The first-order valence-electron chi connectivity index (χ1n) is 20.7.